The Morgan fingerprint density at radius 2 is 1.94 bits per heavy atom. The van der Waals surface area contributed by atoms with Crippen molar-refractivity contribution in [3.05, 3.63) is 27.7 Å². The molecule has 4 heteroatoms. The van der Waals surface area contributed by atoms with Crippen molar-refractivity contribution in [3.63, 3.8) is 0 Å². The van der Waals surface area contributed by atoms with E-state index in [0.717, 1.165) is 48.3 Å². The van der Waals surface area contributed by atoms with Crippen molar-refractivity contribution in [2.24, 2.45) is 0 Å². The van der Waals surface area contributed by atoms with Crippen molar-refractivity contribution in [1.82, 2.24) is 0 Å². The fraction of sp³-hybridized carbons (Fsp3) is 0.500. The zero-order chi connectivity index (χ0) is 11.2. The largest absolute Gasteiger partial charge is 0.383 e. The van der Waals surface area contributed by atoms with Crippen LogP contribution in [0.1, 0.15) is 18.4 Å². The van der Waals surface area contributed by atoms with Gasteiger partial charge in [0, 0.05) is 30.2 Å². The normalized spacial score (nSPS) is 21.9. The van der Waals surface area contributed by atoms with Crippen LogP contribution in [0.2, 0.25) is 10.0 Å². The van der Waals surface area contributed by atoms with Gasteiger partial charge in [0.1, 0.15) is 0 Å². The third kappa shape index (κ3) is 1.52. The Balaban J connectivity index is 2.10. The van der Waals surface area contributed by atoms with Crippen LogP contribution >= 0.6 is 23.2 Å². The van der Waals surface area contributed by atoms with Crippen LogP contribution in [-0.2, 0) is 10.2 Å². The second kappa shape index (κ2) is 3.80. The van der Waals surface area contributed by atoms with Crippen LogP contribution in [0.25, 0.3) is 0 Å². The van der Waals surface area contributed by atoms with E-state index in [-0.39, 0.29) is 5.41 Å². The summed E-state index contributed by atoms with van der Waals surface area (Å²) in [7, 11) is 0. The molecule has 2 heterocycles. The summed E-state index contributed by atoms with van der Waals surface area (Å²) in [6.07, 6.45) is 2.09. The van der Waals surface area contributed by atoms with Crippen LogP contribution in [0.5, 0.6) is 0 Å². The molecule has 1 saturated heterocycles. The number of fused-ring (bicyclic) bond motifs is 2. The minimum Gasteiger partial charge on any atom is -0.383 e. The van der Waals surface area contributed by atoms with Crippen molar-refractivity contribution >= 4 is 28.9 Å². The highest BCUT2D eigenvalue weighted by Gasteiger charge is 2.41. The van der Waals surface area contributed by atoms with E-state index in [1.807, 2.05) is 6.07 Å². The molecule has 0 radical (unpaired) electrons. The smallest absolute Gasteiger partial charge is 0.0655 e. The number of nitrogens with one attached hydrogen (secondary N) is 1. The molecule has 3 rings (SSSR count). The van der Waals surface area contributed by atoms with Crippen molar-refractivity contribution in [3.8, 4) is 0 Å². The predicted octanol–water partition coefficient (Wildman–Crippen LogP) is 3.47. The molecule has 1 fully saturated rings. The van der Waals surface area contributed by atoms with Gasteiger partial charge in [0.2, 0.25) is 0 Å². The van der Waals surface area contributed by atoms with Gasteiger partial charge >= 0.3 is 0 Å². The summed E-state index contributed by atoms with van der Waals surface area (Å²) in [6.45, 7) is 2.60. The zero-order valence-corrected chi connectivity index (χ0v) is 10.4. The molecule has 0 saturated carbocycles. The standard InChI is InChI=1S/C12H13Cl2NO/c13-8-5-9-11(10(14)6-8)15-7-12(9)1-3-16-4-2-12/h5-6,15H,1-4,7H2. The maximum Gasteiger partial charge on any atom is 0.0655 e. The van der Waals surface area contributed by atoms with Gasteiger partial charge in [-0.1, -0.05) is 23.2 Å². The Hall–Kier alpha value is -0.440. The van der Waals surface area contributed by atoms with Crippen LogP contribution < -0.4 is 5.32 Å². The van der Waals surface area contributed by atoms with Crippen LogP contribution in [0.4, 0.5) is 5.69 Å². The van der Waals surface area contributed by atoms with Gasteiger partial charge in [-0.2, -0.15) is 0 Å². The minimum atomic E-state index is 0.183. The van der Waals surface area contributed by atoms with Crippen molar-refractivity contribution in [1.29, 1.82) is 0 Å². The molecule has 0 atom stereocenters. The first kappa shape index (κ1) is 10.7. The minimum absolute atomic E-state index is 0.183. The zero-order valence-electron chi connectivity index (χ0n) is 8.85. The van der Waals surface area contributed by atoms with E-state index >= 15 is 0 Å². The molecule has 0 amide bonds. The van der Waals surface area contributed by atoms with E-state index < -0.39 is 0 Å². The number of anilines is 1. The van der Waals surface area contributed by atoms with Crippen LogP contribution in [0.15, 0.2) is 12.1 Å². The van der Waals surface area contributed by atoms with Crippen LogP contribution in [0, 0.1) is 0 Å². The van der Waals surface area contributed by atoms with Gasteiger partial charge in [-0.3, -0.25) is 0 Å². The number of rotatable bonds is 0. The van der Waals surface area contributed by atoms with Gasteiger partial charge < -0.3 is 10.1 Å². The molecule has 2 aliphatic heterocycles. The number of hydrogen-bond donors (Lipinski definition) is 1. The summed E-state index contributed by atoms with van der Waals surface area (Å²) in [5.74, 6) is 0. The van der Waals surface area contributed by atoms with E-state index in [2.05, 4.69) is 5.32 Å². The van der Waals surface area contributed by atoms with Gasteiger partial charge in [0.15, 0.2) is 0 Å². The second-order valence-electron chi connectivity index (χ2n) is 4.56. The van der Waals surface area contributed by atoms with Crippen molar-refractivity contribution in [2.75, 3.05) is 25.1 Å². The molecule has 1 spiro atoms. The SMILES string of the molecule is Clc1cc(Cl)c2c(c1)C1(CCOCC1)CN2. The topological polar surface area (TPSA) is 21.3 Å². The Bertz CT molecular complexity index is 427. The Morgan fingerprint density at radius 3 is 2.69 bits per heavy atom. The lowest BCUT2D eigenvalue weighted by Crippen LogP contribution is -2.35. The third-order valence-corrected chi connectivity index (χ3v) is 4.20. The lowest BCUT2D eigenvalue weighted by atomic mass is 9.76. The average molecular weight is 258 g/mol. The molecule has 0 bridgehead atoms. The molecule has 16 heavy (non-hydrogen) atoms. The molecular formula is C12H13Cl2NO. The average Bonchev–Trinajstić information content (AvgIpc) is 2.59. The van der Waals surface area contributed by atoms with Gasteiger partial charge in [0.05, 0.1) is 10.7 Å². The molecule has 2 aliphatic rings. The number of benzene rings is 1. The highest BCUT2D eigenvalue weighted by Crippen LogP contribution is 2.47. The Morgan fingerprint density at radius 1 is 1.19 bits per heavy atom. The summed E-state index contributed by atoms with van der Waals surface area (Å²) in [5, 5.41) is 4.86. The molecule has 1 aromatic carbocycles. The summed E-state index contributed by atoms with van der Waals surface area (Å²) in [4.78, 5) is 0. The monoisotopic (exact) mass is 257 g/mol. The highest BCUT2D eigenvalue weighted by atomic mass is 35.5. The van der Waals surface area contributed by atoms with E-state index in [4.69, 9.17) is 27.9 Å². The van der Waals surface area contributed by atoms with Gasteiger partial charge in [-0.05, 0) is 30.5 Å². The third-order valence-electron chi connectivity index (χ3n) is 3.68. The van der Waals surface area contributed by atoms with E-state index in [0.29, 0.717) is 0 Å². The molecule has 0 aliphatic carbocycles. The van der Waals surface area contributed by atoms with Gasteiger partial charge in [-0.15, -0.1) is 0 Å². The van der Waals surface area contributed by atoms with E-state index in [1.54, 1.807) is 6.07 Å². The number of hydrogen-bond acceptors (Lipinski definition) is 2. The molecule has 0 unspecified atom stereocenters. The fourth-order valence-corrected chi connectivity index (χ4v) is 3.29. The molecule has 86 valence electrons. The van der Waals surface area contributed by atoms with Crippen LogP contribution in [-0.4, -0.2) is 19.8 Å². The van der Waals surface area contributed by atoms with E-state index in [1.165, 1.54) is 5.56 Å². The Kier molecular flexibility index (Phi) is 2.54. The van der Waals surface area contributed by atoms with Gasteiger partial charge in [-0.25, -0.2) is 0 Å². The summed E-state index contributed by atoms with van der Waals surface area (Å²) in [6, 6.07) is 3.85. The fourth-order valence-electron chi connectivity index (χ4n) is 2.73. The molecule has 2 nitrogen and oxygen atoms in total. The predicted molar refractivity (Wildman–Crippen MR) is 66.7 cm³/mol. The Labute approximate surface area is 105 Å². The van der Waals surface area contributed by atoms with Crippen molar-refractivity contribution < 1.29 is 4.74 Å². The second-order valence-corrected chi connectivity index (χ2v) is 5.40. The summed E-state index contributed by atoms with van der Waals surface area (Å²) < 4.78 is 5.44. The van der Waals surface area contributed by atoms with Gasteiger partial charge in [0.25, 0.3) is 0 Å². The first-order valence-electron chi connectivity index (χ1n) is 5.52. The summed E-state index contributed by atoms with van der Waals surface area (Å²) in [5.41, 5.74) is 2.52. The maximum atomic E-state index is 6.20. The first-order valence-corrected chi connectivity index (χ1v) is 6.28. The van der Waals surface area contributed by atoms with Crippen LogP contribution in [0.3, 0.4) is 0 Å². The molecule has 1 N–H and O–H groups in total. The maximum absolute atomic E-state index is 6.20. The molecule has 0 aromatic heterocycles. The number of ether oxygens (including phenoxy) is 1. The summed E-state index contributed by atoms with van der Waals surface area (Å²) >= 11 is 12.3. The lowest BCUT2D eigenvalue weighted by Gasteiger charge is -2.33. The van der Waals surface area contributed by atoms with E-state index in [9.17, 15) is 0 Å². The number of halogens is 2. The first-order chi connectivity index (χ1) is 7.71. The molecular weight excluding hydrogens is 245 g/mol. The quantitative estimate of drug-likeness (QED) is 0.769. The lowest BCUT2D eigenvalue weighted by molar-refractivity contribution is 0.0567. The molecule has 1 aromatic rings. The highest BCUT2D eigenvalue weighted by molar-refractivity contribution is 6.36. The van der Waals surface area contributed by atoms with Crippen molar-refractivity contribution in [2.45, 2.75) is 18.3 Å².